The van der Waals surface area contributed by atoms with Crippen molar-refractivity contribution in [3.05, 3.63) is 66.4 Å². The fourth-order valence-electron chi connectivity index (χ4n) is 4.81. The van der Waals surface area contributed by atoms with Gasteiger partial charge in [0.05, 0.1) is 35.0 Å². The zero-order chi connectivity index (χ0) is 35.9. The van der Waals surface area contributed by atoms with Crippen LogP contribution in [0.1, 0.15) is 49.5 Å². The Kier molecular flexibility index (Phi) is 12.0. The van der Waals surface area contributed by atoms with E-state index in [-0.39, 0.29) is 12.2 Å². The molecule has 264 valence electrons. The lowest BCUT2D eigenvalue weighted by Crippen LogP contribution is -2.26. The number of hydrogen-bond donors (Lipinski definition) is 6. The normalized spacial score (nSPS) is 19.9. The number of nitrogens with two attached hydrogens (primary N) is 1. The lowest BCUT2D eigenvalue weighted by molar-refractivity contribution is -0.0421. The van der Waals surface area contributed by atoms with Gasteiger partial charge in [-0.05, 0) is 37.1 Å². The number of nitrogen functional groups attached to an aromatic ring is 1. The number of ether oxygens (including phenoxy) is 1. The van der Waals surface area contributed by atoms with E-state index in [1.54, 1.807) is 23.2 Å². The first-order valence-corrected chi connectivity index (χ1v) is 19.3. The lowest BCUT2D eigenvalue weighted by atomic mass is 10.1. The number of phosphoric ester groups is 1. The molecule has 18 nitrogen and oxygen atoms in total. The molecule has 0 radical (unpaired) electrons. The molecule has 5 atom stereocenters. The van der Waals surface area contributed by atoms with E-state index in [1.807, 2.05) is 30.3 Å². The second-order valence-electron chi connectivity index (χ2n) is 10.7. The van der Waals surface area contributed by atoms with E-state index in [1.165, 1.54) is 6.33 Å². The average molecular weight is 749 g/mol. The van der Waals surface area contributed by atoms with Crippen molar-refractivity contribution in [2.75, 3.05) is 12.3 Å². The van der Waals surface area contributed by atoms with Gasteiger partial charge >= 0.3 is 23.5 Å². The van der Waals surface area contributed by atoms with E-state index in [0.29, 0.717) is 29.4 Å². The predicted molar refractivity (Wildman–Crippen MR) is 176 cm³/mol. The van der Waals surface area contributed by atoms with Gasteiger partial charge in [-0.2, -0.15) is 8.62 Å². The zero-order valence-electron chi connectivity index (χ0n) is 25.9. The van der Waals surface area contributed by atoms with Crippen molar-refractivity contribution in [3.63, 3.8) is 0 Å². The summed E-state index contributed by atoms with van der Waals surface area (Å²) in [6.45, 7) is -0.816. The minimum atomic E-state index is -5.70. The number of fused-ring (bicyclic) bond motifs is 1. The molecule has 0 saturated carbocycles. The van der Waals surface area contributed by atoms with Gasteiger partial charge in [-0.25, -0.2) is 23.7 Å². The molecule has 2 unspecified atom stereocenters. The first-order chi connectivity index (χ1) is 23.7. The average Bonchev–Trinajstić information content (AvgIpc) is 3.61. The molecule has 0 spiro atoms. The van der Waals surface area contributed by atoms with Crippen molar-refractivity contribution in [1.82, 2.24) is 24.5 Å². The second-order valence-corrected chi connectivity index (χ2v) is 15.1. The van der Waals surface area contributed by atoms with Gasteiger partial charge in [-0.3, -0.25) is 14.5 Å². The summed E-state index contributed by atoms with van der Waals surface area (Å²) in [6.07, 6.45) is 5.79. The van der Waals surface area contributed by atoms with Crippen molar-refractivity contribution in [2.45, 2.75) is 50.5 Å². The Hall–Kier alpha value is -3.83. The molecule has 4 aromatic rings. The first-order valence-electron chi connectivity index (χ1n) is 14.8. The van der Waals surface area contributed by atoms with E-state index in [4.69, 9.17) is 20.3 Å². The predicted octanol–water partition coefficient (Wildman–Crippen LogP) is 3.43. The minimum Gasteiger partial charge on any atom is -0.390 e. The van der Waals surface area contributed by atoms with Crippen LogP contribution in [0.15, 0.2) is 55.2 Å². The van der Waals surface area contributed by atoms with Gasteiger partial charge in [0.2, 0.25) is 0 Å². The van der Waals surface area contributed by atoms with E-state index < -0.39 is 48.5 Å². The summed E-state index contributed by atoms with van der Waals surface area (Å²) in [5.41, 5.74) is 9.38. The number of phosphoric acid groups is 3. The lowest BCUT2D eigenvalue weighted by Gasteiger charge is -2.19. The molecule has 5 rings (SSSR count). The van der Waals surface area contributed by atoms with E-state index in [0.717, 1.165) is 29.8 Å². The van der Waals surface area contributed by atoms with Crippen molar-refractivity contribution < 1.29 is 56.3 Å². The third kappa shape index (κ3) is 10.4. The van der Waals surface area contributed by atoms with Crippen LogP contribution in [-0.2, 0) is 31.6 Å². The van der Waals surface area contributed by atoms with Crippen molar-refractivity contribution in [3.8, 4) is 35.1 Å². The highest BCUT2D eigenvalue weighted by Crippen LogP contribution is 2.66. The molecular weight excluding hydrogens is 717 g/mol. The van der Waals surface area contributed by atoms with Crippen LogP contribution >= 0.6 is 23.5 Å². The Morgan fingerprint density at radius 1 is 0.920 bits per heavy atom. The topological polar surface area (TPSA) is 272 Å². The number of aliphatic hydroxyl groups excluding tert-OH is 1. The number of hydrogen-bond acceptors (Lipinski definition) is 13. The summed E-state index contributed by atoms with van der Waals surface area (Å²) in [7, 11) is -16.7. The van der Waals surface area contributed by atoms with Crippen LogP contribution in [0.5, 0.6) is 0 Å². The molecule has 1 aliphatic heterocycles. The van der Waals surface area contributed by atoms with Gasteiger partial charge in [0.15, 0.2) is 0 Å². The Labute approximate surface area is 285 Å². The summed E-state index contributed by atoms with van der Waals surface area (Å²) in [5.74, 6) is 12.6. The molecule has 1 saturated heterocycles. The molecule has 21 heteroatoms. The van der Waals surface area contributed by atoms with Gasteiger partial charge in [0.25, 0.3) is 0 Å². The van der Waals surface area contributed by atoms with Gasteiger partial charge in [0.1, 0.15) is 30.1 Å². The molecule has 7 N–H and O–H groups in total. The summed E-state index contributed by atoms with van der Waals surface area (Å²) < 4.78 is 53.9. The van der Waals surface area contributed by atoms with Gasteiger partial charge < -0.3 is 39.7 Å². The Balaban J connectivity index is 1.15. The SMILES string of the molecule is Nc1ncnc2c1c(C#CCCCCC#Cc1ccc(-c3ccccn3)nc1)cn2[C@H]1C[C@H](O)[C@@H](COP(=O)(O)OP(=O)(O)OP(=O)(O)O)O1. The highest BCUT2D eigenvalue weighted by Gasteiger charge is 2.43. The van der Waals surface area contributed by atoms with Crippen molar-refractivity contribution >= 4 is 40.3 Å². The molecular formula is C29H31N6O12P3. The molecule has 4 aromatic heterocycles. The number of pyridine rings is 2. The minimum absolute atomic E-state index is 0.0313. The number of anilines is 1. The van der Waals surface area contributed by atoms with Crippen LogP contribution in [0.25, 0.3) is 22.4 Å². The number of rotatable bonds is 12. The Morgan fingerprint density at radius 3 is 2.34 bits per heavy atom. The fourth-order valence-corrected chi connectivity index (χ4v) is 7.84. The maximum Gasteiger partial charge on any atom is 0.490 e. The summed E-state index contributed by atoms with van der Waals surface area (Å²) in [4.78, 5) is 53.4. The van der Waals surface area contributed by atoms with E-state index >= 15 is 0 Å². The third-order valence-electron chi connectivity index (χ3n) is 6.97. The molecule has 0 amide bonds. The second kappa shape index (κ2) is 16.0. The maximum absolute atomic E-state index is 12.1. The standard InChI is InChI=1S/C29H31N6O12P3/c30-28-27-21(10-6-4-2-1-3-5-9-20-12-13-23(32-16-20)22-11-7-8-14-31-22)17-35(29(27)34-19-33-28)26-15-24(36)25(45-26)18-44-49(40,41)47-50(42,43)46-48(37,38)39/h7-8,11-14,16-17,19,24-26,36H,1-4,15,18H2,(H,40,41)(H,42,43)(H2,30,33,34)(H2,37,38,39)/t24-,25+,26+/m0/s1. The quantitative estimate of drug-likeness (QED) is 0.0688. The molecule has 0 aromatic carbocycles. The largest absolute Gasteiger partial charge is 0.490 e. The Morgan fingerprint density at radius 2 is 1.66 bits per heavy atom. The molecule has 50 heavy (non-hydrogen) atoms. The fraction of sp³-hybridized carbons (Fsp3) is 0.310. The van der Waals surface area contributed by atoms with Crippen molar-refractivity contribution in [2.24, 2.45) is 0 Å². The van der Waals surface area contributed by atoms with Gasteiger partial charge in [0, 0.05) is 43.4 Å². The third-order valence-corrected chi connectivity index (χ3v) is 10.8. The number of unbranched alkanes of at least 4 members (excludes halogenated alkanes) is 3. The van der Waals surface area contributed by atoms with Gasteiger partial charge in [-0.1, -0.05) is 29.7 Å². The van der Waals surface area contributed by atoms with Crippen LogP contribution < -0.4 is 5.73 Å². The number of aliphatic hydroxyl groups is 1. The number of nitrogens with zero attached hydrogens (tertiary/aromatic N) is 5. The van der Waals surface area contributed by atoms with Crippen LogP contribution in [0.4, 0.5) is 5.82 Å². The van der Waals surface area contributed by atoms with Crippen LogP contribution in [-0.4, -0.2) is 68.0 Å². The highest BCUT2D eigenvalue weighted by molar-refractivity contribution is 7.66. The Bertz CT molecular complexity index is 2090. The molecule has 1 fully saturated rings. The summed E-state index contributed by atoms with van der Waals surface area (Å²) in [6, 6.07) is 9.43. The van der Waals surface area contributed by atoms with E-state index in [2.05, 4.69) is 56.8 Å². The summed E-state index contributed by atoms with van der Waals surface area (Å²) in [5, 5.41) is 11.0. The zero-order valence-corrected chi connectivity index (χ0v) is 28.6. The van der Waals surface area contributed by atoms with Crippen LogP contribution in [0.2, 0.25) is 0 Å². The summed E-state index contributed by atoms with van der Waals surface area (Å²) >= 11 is 0. The monoisotopic (exact) mass is 748 g/mol. The van der Waals surface area contributed by atoms with E-state index in [9.17, 15) is 28.6 Å². The molecule has 1 aliphatic rings. The van der Waals surface area contributed by atoms with Crippen molar-refractivity contribution in [1.29, 1.82) is 0 Å². The maximum atomic E-state index is 12.1. The smallest absolute Gasteiger partial charge is 0.390 e. The first kappa shape index (κ1) is 37.4. The molecule has 0 bridgehead atoms. The highest BCUT2D eigenvalue weighted by atomic mass is 31.3. The molecule has 0 aliphatic carbocycles. The number of aromatic nitrogens is 5. The van der Waals surface area contributed by atoms with Gasteiger partial charge in [-0.15, -0.1) is 0 Å². The van der Waals surface area contributed by atoms with Crippen LogP contribution in [0, 0.1) is 23.7 Å². The molecule has 5 heterocycles. The van der Waals surface area contributed by atoms with Crippen LogP contribution in [0.3, 0.4) is 0 Å².